The zero-order chi connectivity index (χ0) is 21.8. The Balaban J connectivity index is 1.44. The molecule has 0 atom stereocenters. The number of carbonyl (C=O) groups excluding carboxylic acids is 1. The molecular weight excluding hydrogens is 399 g/mol. The lowest BCUT2D eigenvalue weighted by Crippen LogP contribution is -2.14. The first-order chi connectivity index (χ1) is 15.6. The summed E-state index contributed by atoms with van der Waals surface area (Å²) in [6, 6.07) is 11.8. The Morgan fingerprint density at radius 3 is 2.88 bits per heavy atom. The number of benzene rings is 2. The summed E-state index contributed by atoms with van der Waals surface area (Å²) in [5.74, 6) is -0.335. The van der Waals surface area contributed by atoms with Crippen molar-refractivity contribution in [3.8, 4) is 11.1 Å². The van der Waals surface area contributed by atoms with Gasteiger partial charge < -0.3 is 5.32 Å². The number of aromatic nitrogens is 1. The average molecular weight is 423 g/mol. The molecule has 32 heavy (non-hydrogen) atoms. The predicted molar refractivity (Wildman–Crippen MR) is 126 cm³/mol. The number of carbonyl (C=O) groups is 1. The minimum Gasteiger partial charge on any atom is -0.383 e. The van der Waals surface area contributed by atoms with Crippen LogP contribution in [0.3, 0.4) is 0 Å². The molecule has 0 spiro atoms. The molecule has 0 amide bonds. The van der Waals surface area contributed by atoms with Crippen molar-refractivity contribution in [2.45, 2.75) is 32.6 Å². The molecule has 0 radical (unpaired) electrons. The van der Waals surface area contributed by atoms with Crippen LogP contribution in [0.5, 0.6) is 0 Å². The normalized spacial score (nSPS) is 17.6. The van der Waals surface area contributed by atoms with Crippen molar-refractivity contribution in [3.63, 3.8) is 0 Å². The summed E-state index contributed by atoms with van der Waals surface area (Å²) in [7, 11) is 0. The standard InChI is InChI=1S/C28H23FN2O/c1-16-24(15-31-26-7-4-8-30-28(16)26)20-12-21-22(25(29)13-20)14-27(32)23(21)11-17-9-18-5-2-3-6-19(18)10-17/h2-3,5-6,9,11-13,15,30H,4,7-8,10,14H2,1H3/b23-11-. The summed E-state index contributed by atoms with van der Waals surface area (Å²) in [5, 5.41) is 3.45. The van der Waals surface area contributed by atoms with Gasteiger partial charge in [0.2, 0.25) is 0 Å². The fourth-order valence-electron chi connectivity index (χ4n) is 5.20. The second-order valence-corrected chi connectivity index (χ2v) is 8.89. The van der Waals surface area contributed by atoms with Crippen LogP contribution in [0.4, 0.5) is 10.1 Å². The van der Waals surface area contributed by atoms with E-state index in [2.05, 4.69) is 35.4 Å². The van der Waals surface area contributed by atoms with E-state index in [1.165, 1.54) is 11.1 Å². The number of nitrogens with one attached hydrogen (secondary N) is 1. The van der Waals surface area contributed by atoms with Gasteiger partial charge in [-0.15, -0.1) is 0 Å². The molecule has 2 heterocycles. The monoisotopic (exact) mass is 422 g/mol. The largest absolute Gasteiger partial charge is 0.383 e. The van der Waals surface area contributed by atoms with Crippen molar-refractivity contribution in [1.29, 1.82) is 0 Å². The topological polar surface area (TPSA) is 42.0 Å². The third-order valence-electron chi connectivity index (χ3n) is 6.86. The van der Waals surface area contributed by atoms with E-state index in [4.69, 9.17) is 0 Å². The molecule has 0 unspecified atom stereocenters. The first-order valence-corrected chi connectivity index (χ1v) is 11.2. The summed E-state index contributed by atoms with van der Waals surface area (Å²) in [6.45, 7) is 2.98. The number of halogens is 1. The minimum atomic E-state index is -0.317. The van der Waals surface area contributed by atoms with E-state index >= 15 is 4.39 Å². The smallest absolute Gasteiger partial charge is 0.167 e. The first-order valence-electron chi connectivity index (χ1n) is 11.2. The van der Waals surface area contributed by atoms with Crippen LogP contribution in [0.25, 0.3) is 22.8 Å². The van der Waals surface area contributed by atoms with Crippen molar-refractivity contribution in [1.82, 2.24) is 4.98 Å². The van der Waals surface area contributed by atoms with Gasteiger partial charge in [-0.1, -0.05) is 30.3 Å². The number of rotatable bonds is 2. The average Bonchev–Trinajstić information content (AvgIpc) is 3.35. The quantitative estimate of drug-likeness (QED) is 0.539. The van der Waals surface area contributed by atoms with Gasteiger partial charge in [-0.2, -0.15) is 0 Å². The zero-order valence-electron chi connectivity index (χ0n) is 18.0. The highest BCUT2D eigenvalue weighted by Crippen LogP contribution is 2.39. The Morgan fingerprint density at radius 1 is 1.12 bits per heavy atom. The lowest BCUT2D eigenvalue weighted by Gasteiger charge is -2.21. The van der Waals surface area contributed by atoms with Crippen LogP contribution in [0.15, 0.2) is 54.2 Å². The SMILES string of the molecule is Cc1c(-c2cc(F)c3c(c2)/C(=C/C2=Cc4ccccc4C2)C(=O)C3)cnc2c1NCCC2. The number of pyridine rings is 1. The van der Waals surface area contributed by atoms with E-state index in [-0.39, 0.29) is 18.0 Å². The van der Waals surface area contributed by atoms with Crippen molar-refractivity contribution < 1.29 is 9.18 Å². The van der Waals surface area contributed by atoms with Gasteiger partial charge in [0, 0.05) is 35.9 Å². The summed E-state index contributed by atoms with van der Waals surface area (Å²) in [4.78, 5) is 17.5. The zero-order valence-corrected chi connectivity index (χ0v) is 18.0. The maximum absolute atomic E-state index is 15.2. The van der Waals surface area contributed by atoms with Gasteiger partial charge in [-0.05, 0) is 77.8 Å². The van der Waals surface area contributed by atoms with E-state index in [9.17, 15) is 4.79 Å². The van der Waals surface area contributed by atoms with Gasteiger partial charge >= 0.3 is 0 Å². The summed E-state index contributed by atoms with van der Waals surface area (Å²) in [5.41, 5.74) is 10.3. The highest BCUT2D eigenvalue weighted by molar-refractivity contribution is 6.26. The van der Waals surface area contributed by atoms with Gasteiger partial charge in [0.15, 0.2) is 5.78 Å². The van der Waals surface area contributed by atoms with Crippen molar-refractivity contribution >= 4 is 23.1 Å². The Hall–Kier alpha value is -3.53. The predicted octanol–water partition coefficient (Wildman–Crippen LogP) is 5.70. The summed E-state index contributed by atoms with van der Waals surface area (Å²) in [6.07, 6.45) is 8.87. The Kier molecular flexibility index (Phi) is 4.35. The second kappa shape index (κ2) is 7.27. The minimum absolute atomic E-state index is 0.0186. The van der Waals surface area contributed by atoms with Gasteiger partial charge in [-0.3, -0.25) is 9.78 Å². The molecule has 0 saturated heterocycles. The highest BCUT2D eigenvalue weighted by Gasteiger charge is 2.29. The van der Waals surface area contributed by atoms with Gasteiger partial charge in [0.05, 0.1) is 11.4 Å². The molecule has 1 N–H and O–H groups in total. The molecular formula is C28H23FN2O. The number of hydrogen-bond donors (Lipinski definition) is 1. The van der Waals surface area contributed by atoms with Gasteiger partial charge in [0.1, 0.15) is 5.82 Å². The fraction of sp³-hybridized carbons (Fsp3) is 0.214. The number of fused-ring (bicyclic) bond motifs is 3. The second-order valence-electron chi connectivity index (χ2n) is 8.89. The van der Waals surface area contributed by atoms with E-state index in [1.54, 1.807) is 6.07 Å². The number of aryl methyl sites for hydroxylation is 1. The van der Waals surface area contributed by atoms with Crippen LogP contribution >= 0.6 is 0 Å². The molecule has 1 aromatic heterocycles. The summed E-state index contributed by atoms with van der Waals surface area (Å²) < 4.78 is 15.2. The molecule has 3 nitrogen and oxygen atoms in total. The Morgan fingerprint density at radius 2 is 2.00 bits per heavy atom. The first kappa shape index (κ1) is 19.2. The molecule has 4 heteroatoms. The summed E-state index contributed by atoms with van der Waals surface area (Å²) >= 11 is 0. The fourth-order valence-corrected chi connectivity index (χ4v) is 5.20. The highest BCUT2D eigenvalue weighted by atomic mass is 19.1. The molecule has 3 aromatic rings. The lowest BCUT2D eigenvalue weighted by atomic mass is 9.94. The van der Waals surface area contributed by atoms with Crippen LogP contribution in [-0.4, -0.2) is 17.3 Å². The van der Waals surface area contributed by atoms with E-state index in [0.717, 1.165) is 59.5 Å². The van der Waals surface area contributed by atoms with Crippen LogP contribution < -0.4 is 5.32 Å². The molecule has 1 aliphatic heterocycles. The number of hydrogen-bond acceptors (Lipinski definition) is 3. The third kappa shape index (κ3) is 3.01. The number of Topliss-reactive ketones (excluding diaryl/α,β-unsaturated/α-hetero) is 1. The number of anilines is 1. The number of nitrogens with zero attached hydrogens (tertiary/aromatic N) is 1. The van der Waals surface area contributed by atoms with Gasteiger partial charge in [-0.25, -0.2) is 4.39 Å². The Labute approximate surface area is 186 Å². The molecule has 0 fully saturated rings. The third-order valence-corrected chi connectivity index (χ3v) is 6.86. The molecule has 0 bridgehead atoms. The lowest BCUT2D eigenvalue weighted by molar-refractivity contribution is -0.112. The number of ketones is 1. The molecule has 3 aliphatic rings. The molecule has 6 rings (SSSR count). The van der Waals surface area contributed by atoms with Crippen LogP contribution in [0.2, 0.25) is 0 Å². The number of allylic oxidation sites excluding steroid dienone is 3. The van der Waals surface area contributed by atoms with E-state index in [0.29, 0.717) is 16.7 Å². The van der Waals surface area contributed by atoms with Gasteiger partial charge in [0.25, 0.3) is 0 Å². The van der Waals surface area contributed by atoms with Crippen molar-refractivity contribution in [2.24, 2.45) is 0 Å². The van der Waals surface area contributed by atoms with Crippen molar-refractivity contribution in [2.75, 3.05) is 11.9 Å². The van der Waals surface area contributed by atoms with Crippen molar-refractivity contribution in [3.05, 3.63) is 93.6 Å². The molecule has 0 saturated carbocycles. The Bertz CT molecular complexity index is 1370. The molecule has 2 aromatic carbocycles. The van der Waals surface area contributed by atoms with Crippen LogP contribution in [0.1, 0.15) is 39.9 Å². The van der Waals surface area contributed by atoms with Crippen LogP contribution in [-0.2, 0) is 24.1 Å². The molecule has 158 valence electrons. The van der Waals surface area contributed by atoms with E-state index < -0.39 is 0 Å². The maximum Gasteiger partial charge on any atom is 0.167 e. The maximum atomic E-state index is 15.2. The van der Waals surface area contributed by atoms with E-state index in [1.807, 2.05) is 30.5 Å². The molecule has 2 aliphatic carbocycles. The van der Waals surface area contributed by atoms with Crippen LogP contribution in [0, 0.1) is 12.7 Å².